The molecule has 0 bridgehead atoms. The maximum atomic E-state index is 9.65. The summed E-state index contributed by atoms with van der Waals surface area (Å²) in [6.45, 7) is 5.84. The fraction of sp³-hybridized carbons (Fsp3) is 0.800. The SMILES string of the molecule is CCCCC(=O)[O-].CCCCC(=O)[O-].CCCCC(=O)[O-].[Al+3]. The molecular weight excluding hydrogens is 303 g/mol. The van der Waals surface area contributed by atoms with Crippen molar-refractivity contribution in [1.29, 1.82) is 0 Å². The number of rotatable bonds is 9. The summed E-state index contributed by atoms with van der Waals surface area (Å²) in [6.07, 6.45) is 5.60. The topological polar surface area (TPSA) is 120 Å². The third kappa shape index (κ3) is 50.9. The molecule has 0 aromatic heterocycles. The van der Waals surface area contributed by atoms with Crippen molar-refractivity contribution in [2.75, 3.05) is 0 Å². The molecule has 0 fully saturated rings. The molecule has 0 atom stereocenters. The molecule has 0 spiro atoms. The van der Waals surface area contributed by atoms with Crippen LogP contribution in [0.1, 0.15) is 78.6 Å². The molecule has 0 unspecified atom stereocenters. The smallest absolute Gasteiger partial charge is 0.550 e. The number of hydrogen-bond donors (Lipinski definition) is 0. The molecule has 0 heterocycles. The van der Waals surface area contributed by atoms with Gasteiger partial charge < -0.3 is 29.7 Å². The molecule has 0 aliphatic rings. The van der Waals surface area contributed by atoms with E-state index in [9.17, 15) is 29.7 Å². The summed E-state index contributed by atoms with van der Waals surface area (Å²) in [7, 11) is 0. The van der Waals surface area contributed by atoms with Gasteiger partial charge in [-0.25, -0.2) is 0 Å². The minimum absolute atomic E-state index is 0. The first-order valence-corrected chi connectivity index (χ1v) is 7.41. The summed E-state index contributed by atoms with van der Waals surface area (Å²) in [5, 5.41) is 28.9. The fourth-order valence-electron chi connectivity index (χ4n) is 0.963. The van der Waals surface area contributed by atoms with E-state index in [1.54, 1.807) is 0 Å². The summed E-state index contributed by atoms with van der Waals surface area (Å²) >= 11 is 0. The normalized spacial score (nSPS) is 8.32. The van der Waals surface area contributed by atoms with Crippen LogP contribution >= 0.6 is 0 Å². The van der Waals surface area contributed by atoms with Crippen molar-refractivity contribution in [1.82, 2.24) is 0 Å². The summed E-state index contributed by atoms with van der Waals surface area (Å²) in [6, 6.07) is 0. The van der Waals surface area contributed by atoms with Gasteiger partial charge in [-0.2, -0.15) is 0 Å². The molecule has 0 aliphatic heterocycles. The number of hydrogen-bond acceptors (Lipinski definition) is 6. The summed E-state index contributed by atoms with van der Waals surface area (Å²) in [4.78, 5) is 28.9. The number of carboxylic acids is 3. The molecule has 0 aromatic carbocycles. The predicted octanol–water partition coefficient (Wildman–Crippen LogP) is -0.601. The van der Waals surface area contributed by atoms with Crippen molar-refractivity contribution in [2.45, 2.75) is 78.6 Å². The van der Waals surface area contributed by atoms with Gasteiger partial charge in [0.2, 0.25) is 0 Å². The Bertz CT molecular complexity index is 226. The Morgan fingerprint density at radius 2 is 0.773 bits per heavy atom. The van der Waals surface area contributed by atoms with Crippen LogP contribution in [0.2, 0.25) is 0 Å². The van der Waals surface area contributed by atoms with Crippen LogP contribution in [0, 0.1) is 0 Å². The average Bonchev–Trinajstić information content (AvgIpc) is 2.41. The zero-order chi connectivity index (χ0) is 17.1. The molecule has 0 aliphatic carbocycles. The van der Waals surface area contributed by atoms with Gasteiger partial charge in [-0.15, -0.1) is 0 Å². The molecule has 126 valence electrons. The molecule has 6 nitrogen and oxygen atoms in total. The molecule has 0 N–H and O–H groups in total. The van der Waals surface area contributed by atoms with Crippen LogP contribution in [0.25, 0.3) is 0 Å². The van der Waals surface area contributed by atoms with Gasteiger partial charge >= 0.3 is 17.4 Å². The Morgan fingerprint density at radius 3 is 0.818 bits per heavy atom. The van der Waals surface area contributed by atoms with Crippen molar-refractivity contribution >= 4 is 35.3 Å². The van der Waals surface area contributed by atoms with Gasteiger partial charge in [0.25, 0.3) is 0 Å². The predicted molar refractivity (Wildman–Crippen MR) is 79.4 cm³/mol. The Hall–Kier alpha value is -1.06. The monoisotopic (exact) mass is 330 g/mol. The third-order valence-electron chi connectivity index (χ3n) is 2.20. The van der Waals surface area contributed by atoms with Crippen LogP contribution < -0.4 is 15.3 Å². The number of aliphatic carboxylic acids is 3. The second kappa shape index (κ2) is 24.9. The van der Waals surface area contributed by atoms with Gasteiger partial charge in [-0.3, -0.25) is 0 Å². The second-order valence-corrected chi connectivity index (χ2v) is 4.43. The van der Waals surface area contributed by atoms with Gasteiger partial charge in [-0.05, 0) is 38.5 Å². The molecule has 0 saturated heterocycles. The maximum Gasteiger partial charge on any atom is 3.00 e. The second-order valence-electron chi connectivity index (χ2n) is 4.43. The summed E-state index contributed by atoms with van der Waals surface area (Å²) < 4.78 is 0. The minimum atomic E-state index is -0.943. The number of carbonyl (C=O) groups is 3. The molecule has 7 heteroatoms. The quantitative estimate of drug-likeness (QED) is 0.520. The Labute approximate surface area is 144 Å². The zero-order valence-corrected chi connectivity index (χ0v) is 15.0. The average molecular weight is 330 g/mol. The Balaban J connectivity index is -0.000000108. The molecule has 0 aromatic rings. The fourth-order valence-corrected chi connectivity index (χ4v) is 0.963. The van der Waals surface area contributed by atoms with Crippen LogP contribution in [0.3, 0.4) is 0 Å². The molecular formula is C15H27AlO6. The Kier molecular flexibility index (Phi) is 32.9. The molecule has 0 radical (unpaired) electrons. The minimum Gasteiger partial charge on any atom is -0.550 e. The first-order valence-electron chi connectivity index (χ1n) is 7.41. The summed E-state index contributed by atoms with van der Waals surface area (Å²) in [5.74, 6) is -2.83. The van der Waals surface area contributed by atoms with Crippen LogP contribution in [-0.2, 0) is 14.4 Å². The van der Waals surface area contributed by atoms with E-state index in [0.717, 1.165) is 38.5 Å². The van der Waals surface area contributed by atoms with Crippen LogP contribution in [0.15, 0.2) is 0 Å². The largest absolute Gasteiger partial charge is 3.00 e. The molecule has 0 rings (SSSR count). The van der Waals surface area contributed by atoms with E-state index in [4.69, 9.17) is 0 Å². The van der Waals surface area contributed by atoms with Gasteiger partial charge in [0.1, 0.15) is 0 Å². The van der Waals surface area contributed by atoms with Gasteiger partial charge in [-0.1, -0.05) is 40.0 Å². The summed E-state index contributed by atoms with van der Waals surface area (Å²) in [5.41, 5.74) is 0. The molecule has 0 saturated carbocycles. The zero-order valence-electron chi connectivity index (χ0n) is 13.9. The van der Waals surface area contributed by atoms with Crippen LogP contribution in [0.5, 0.6) is 0 Å². The van der Waals surface area contributed by atoms with E-state index in [-0.39, 0.29) is 36.6 Å². The van der Waals surface area contributed by atoms with Crippen molar-refractivity contribution in [3.63, 3.8) is 0 Å². The first kappa shape index (κ1) is 29.0. The van der Waals surface area contributed by atoms with Crippen molar-refractivity contribution < 1.29 is 29.7 Å². The number of carbonyl (C=O) groups excluding carboxylic acids is 3. The standard InChI is InChI=1S/3C5H10O2.Al/c3*1-2-3-4-5(6)7;/h3*2-4H2,1H3,(H,6,7);/q;;;+3/p-3. The van der Waals surface area contributed by atoms with E-state index in [1.165, 1.54) is 0 Å². The first-order chi connectivity index (χ1) is 9.81. The van der Waals surface area contributed by atoms with Crippen molar-refractivity contribution in [3.8, 4) is 0 Å². The van der Waals surface area contributed by atoms with Crippen LogP contribution in [0.4, 0.5) is 0 Å². The van der Waals surface area contributed by atoms with E-state index in [2.05, 4.69) is 0 Å². The van der Waals surface area contributed by atoms with Gasteiger partial charge in [0.05, 0.1) is 0 Å². The van der Waals surface area contributed by atoms with E-state index >= 15 is 0 Å². The number of unbranched alkanes of at least 4 members (excludes halogenated alkanes) is 3. The number of carboxylic acid groups (broad SMARTS) is 3. The van der Waals surface area contributed by atoms with E-state index in [0.29, 0.717) is 0 Å². The molecule has 0 amide bonds. The van der Waals surface area contributed by atoms with E-state index in [1.807, 2.05) is 20.8 Å². The Morgan fingerprint density at radius 1 is 0.591 bits per heavy atom. The van der Waals surface area contributed by atoms with Crippen molar-refractivity contribution in [2.24, 2.45) is 0 Å². The van der Waals surface area contributed by atoms with Gasteiger partial charge in [0, 0.05) is 17.9 Å². The molecule has 22 heavy (non-hydrogen) atoms. The van der Waals surface area contributed by atoms with Crippen LogP contribution in [-0.4, -0.2) is 35.3 Å². The maximum absolute atomic E-state index is 9.65. The third-order valence-corrected chi connectivity index (χ3v) is 2.20. The van der Waals surface area contributed by atoms with Crippen molar-refractivity contribution in [3.05, 3.63) is 0 Å². The van der Waals surface area contributed by atoms with Gasteiger partial charge in [0.15, 0.2) is 0 Å². The van der Waals surface area contributed by atoms with E-state index < -0.39 is 17.9 Å².